The zero-order valence-electron chi connectivity index (χ0n) is 24.9. The molecule has 4 fully saturated rings. The van der Waals surface area contributed by atoms with Gasteiger partial charge in [-0.05, 0) is 89.2 Å². The van der Waals surface area contributed by atoms with E-state index in [1.165, 1.54) is 25.7 Å². The number of nitrogens with two attached hydrogens (primary N) is 2. The van der Waals surface area contributed by atoms with Crippen molar-refractivity contribution in [3.05, 3.63) is 22.7 Å². The van der Waals surface area contributed by atoms with Crippen LogP contribution in [0.25, 0.3) is 0 Å². The van der Waals surface area contributed by atoms with Crippen LogP contribution in [0.3, 0.4) is 0 Å². The first-order valence-electron chi connectivity index (χ1n) is 15.2. The predicted octanol–water partition coefficient (Wildman–Crippen LogP) is 2.40. The number of halogens is 1. The molecule has 1 aromatic rings. The number of piperazine rings is 1. The number of urea groups is 1. The topological polar surface area (TPSA) is 143 Å². The minimum atomic E-state index is -0.933. The number of aromatic nitrogens is 2. The van der Waals surface area contributed by atoms with Gasteiger partial charge < -0.3 is 26.2 Å². The number of hydrogen-bond donors (Lipinski definition) is 3. The van der Waals surface area contributed by atoms with Gasteiger partial charge in [-0.2, -0.15) is 4.98 Å². The van der Waals surface area contributed by atoms with Gasteiger partial charge in [-0.1, -0.05) is 6.92 Å². The summed E-state index contributed by atoms with van der Waals surface area (Å²) in [5, 5.41) is 2.75. The molecule has 1 spiro atoms. The minimum absolute atomic E-state index is 0. The van der Waals surface area contributed by atoms with E-state index in [1.54, 1.807) is 40.5 Å². The van der Waals surface area contributed by atoms with E-state index in [4.69, 9.17) is 11.5 Å². The van der Waals surface area contributed by atoms with Crippen LogP contribution in [-0.4, -0.2) is 93.1 Å². The van der Waals surface area contributed by atoms with E-state index in [1.807, 2.05) is 0 Å². The van der Waals surface area contributed by atoms with Crippen LogP contribution in [0.4, 0.5) is 10.6 Å². The summed E-state index contributed by atoms with van der Waals surface area (Å²) in [6, 6.07) is 2.69. The van der Waals surface area contributed by atoms with Gasteiger partial charge in [0.2, 0.25) is 5.91 Å². The molecule has 41 heavy (non-hydrogen) atoms. The van der Waals surface area contributed by atoms with Crippen LogP contribution in [0.5, 0.6) is 0 Å². The monoisotopic (exact) mass is 592 g/mol. The molecule has 0 aromatic carbocycles. The molecule has 12 heteroatoms. The van der Waals surface area contributed by atoms with Crippen LogP contribution in [0.15, 0.2) is 17.1 Å². The summed E-state index contributed by atoms with van der Waals surface area (Å²) in [5.74, 6) is 0.802. The lowest BCUT2D eigenvalue weighted by atomic mass is 9.52. The van der Waals surface area contributed by atoms with Crippen molar-refractivity contribution in [1.29, 1.82) is 0 Å². The van der Waals surface area contributed by atoms with Gasteiger partial charge in [0, 0.05) is 57.0 Å². The van der Waals surface area contributed by atoms with E-state index in [9.17, 15) is 14.4 Å². The lowest BCUT2D eigenvalue weighted by molar-refractivity contribution is -0.137. The maximum absolute atomic E-state index is 12.9. The second-order valence-corrected chi connectivity index (χ2v) is 13.4. The zero-order chi connectivity index (χ0) is 28.7. The fourth-order valence-corrected chi connectivity index (χ4v) is 7.53. The Morgan fingerprint density at radius 3 is 2.22 bits per heavy atom. The van der Waals surface area contributed by atoms with Gasteiger partial charge in [-0.3, -0.25) is 14.7 Å². The number of nitrogens with zero attached hydrogens (tertiary/aromatic N) is 5. The van der Waals surface area contributed by atoms with Crippen LogP contribution in [0.2, 0.25) is 0 Å². The van der Waals surface area contributed by atoms with Gasteiger partial charge in [-0.15, -0.1) is 12.4 Å². The van der Waals surface area contributed by atoms with E-state index in [2.05, 4.69) is 22.1 Å². The SMILES string of the molecule is CCN(C[C@H]1CC[C@H](n2ccc(NC(=O)N3CCN(C(=O)C(C)(C)N)CC3)nc2=O)CC1)C1CC2(CC(N)C2)C1.Cl. The van der Waals surface area contributed by atoms with E-state index in [0.717, 1.165) is 38.8 Å². The largest absolute Gasteiger partial charge is 0.349 e. The van der Waals surface area contributed by atoms with Gasteiger partial charge >= 0.3 is 11.7 Å². The van der Waals surface area contributed by atoms with Gasteiger partial charge in [0.1, 0.15) is 5.82 Å². The molecule has 230 valence electrons. The molecule has 5 rings (SSSR count). The Labute approximate surface area is 249 Å². The van der Waals surface area contributed by atoms with Crippen molar-refractivity contribution in [1.82, 2.24) is 24.3 Å². The van der Waals surface area contributed by atoms with Crippen molar-refractivity contribution in [3.8, 4) is 0 Å². The molecule has 2 heterocycles. The maximum atomic E-state index is 12.9. The summed E-state index contributed by atoms with van der Waals surface area (Å²) in [6.07, 6.45) is 11.0. The number of amides is 3. The third kappa shape index (κ3) is 7.06. The van der Waals surface area contributed by atoms with Crippen LogP contribution in [0.1, 0.15) is 78.2 Å². The third-order valence-corrected chi connectivity index (χ3v) is 9.82. The molecular formula is C29H49ClN8O3. The first-order valence-corrected chi connectivity index (χ1v) is 15.2. The molecule has 0 atom stereocenters. The minimum Gasteiger partial charge on any atom is -0.338 e. The normalized spacial score (nSPS) is 29.9. The van der Waals surface area contributed by atoms with Gasteiger partial charge in [0.15, 0.2) is 0 Å². The molecule has 1 aliphatic heterocycles. The highest BCUT2D eigenvalue weighted by Gasteiger charge is 2.53. The predicted molar refractivity (Wildman–Crippen MR) is 162 cm³/mol. The summed E-state index contributed by atoms with van der Waals surface area (Å²) in [7, 11) is 0. The number of hydrogen-bond acceptors (Lipinski definition) is 7. The lowest BCUT2D eigenvalue weighted by Crippen LogP contribution is -2.60. The average molecular weight is 593 g/mol. The quantitative estimate of drug-likeness (QED) is 0.441. The van der Waals surface area contributed by atoms with E-state index >= 15 is 0 Å². The molecule has 1 saturated heterocycles. The first-order chi connectivity index (χ1) is 19.0. The Hall–Kier alpha value is -2.21. The van der Waals surface area contributed by atoms with Gasteiger partial charge in [0.25, 0.3) is 0 Å². The molecule has 0 unspecified atom stereocenters. The number of nitrogens with one attached hydrogen (secondary N) is 1. The van der Waals surface area contributed by atoms with Crippen molar-refractivity contribution in [3.63, 3.8) is 0 Å². The van der Waals surface area contributed by atoms with E-state index in [0.29, 0.717) is 49.6 Å². The van der Waals surface area contributed by atoms with Crippen molar-refractivity contribution in [2.75, 3.05) is 44.6 Å². The first kappa shape index (κ1) is 31.7. The highest BCUT2D eigenvalue weighted by molar-refractivity contribution is 5.89. The number of rotatable bonds is 7. The smallest absolute Gasteiger partial charge is 0.338 e. The molecule has 5 N–H and O–H groups in total. The van der Waals surface area contributed by atoms with Crippen LogP contribution in [-0.2, 0) is 4.79 Å². The average Bonchev–Trinajstić information content (AvgIpc) is 2.88. The second-order valence-electron chi connectivity index (χ2n) is 13.4. The number of anilines is 1. The molecule has 4 aliphatic rings. The molecule has 11 nitrogen and oxygen atoms in total. The highest BCUT2D eigenvalue weighted by atomic mass is 35.5. The summed E-state index contributed by atoms with van der Waals surface area (Å²) in [6.45, 7) is 9.56. The van der Waals surface area contributed by atoms with Crippen LogP contribution in [0, 0.1) is 11.3 Å². The highest BCUT2D eigenvalue weighted by Crippen LogP contribution is 2.56. The molecule has 3 amide bonds. The van der Waals surface area contributed by atoms with Crippen molar-refractivity contribution >= 4 is 30.2 Å². The fraction of sp³-hybridized carbons (Fsp3) is 0.793. The third-order valence-electron chi connectivity index (χ3n) is 9.82. The van der Waals surface area contributed by atoms with Crippen LogP contribution >= 0.6 is 12.4 Å². The Morgan fingerprint density at radius 2 is 1.68 bits per heavy atom. The molecule has 3 aliphatic carbocycles. The van der Waals surface area contributed by atoms with Crippen molar-refractivity contribution < 1.29 is 9.59 Å². The molecule has 0 bridgehead atoms. The summed E-state index contributed by atoms with van der Waals surface area (Å²) < 4.78 is 1.73. The second kappa shape index (κ2) is 12.6. The standard InChI is InChI=1S/C29H48N8O3.ClH/c1-4-34(23-17-29(18-23)15-21(30)16-29)19-20-5-7-22(8-6-20)37-10-9-24(33-27(37)40)32-26(39)36-13-11-35(12-14-36)25(38)28(2,3)31;/h9-10,20-23H,4-8,11-19,30-31H2,1-3H3,(H,32,33,39,40);1H/t20-,21?,22-,23?,29?;. The fourth-order valence-electron chi connectivity index (χ4n) is 7.53. The molecule has 1 aromatic heterocycles. The van der Waals surface area contributed by atoms with Crippen LogP contribution < -0.4 is 22.5 Å². The number of carbonyl (C=O) groups excluding carboxylic acids is 2. The maximum Gasteiger partial charge on any atom is 0.349 e. The molecule has 0 radical (unpaired) electrons. The lowest BCUT2D eigenvalue weighted by Gasteiger charge is -2.59. The molecular weight excluding hydrogens is 544 g/mol. The summed E-state index contributed by atoms with van der Waals surface area (Å²) >= 11 is 0. The van der Waals surface area contributed by atoms with E-state index in [-0.39, 0.29) is 41.9 Å². The number of carbonyl (C=O) groups is 2. The summed E-state index contributed by atoms with van der Waals surface area (Å²) in [4.78, 5) is 48.2. The Morgan fingerprint density at radius 1 is 1.07 bits per heavy atom. The molecule has 3 saturated carbocycles. The summed E-state index contributed by atoms with van der Waals surface area (Å²) in [5.41, 5.74) is 11.3. The van der Waals surface area contributed by atoms with Crippen molar-refractivity contribution in [2.45, 2.75) is 95.8 Å². The Bertz CT molecular complexity index is 1120. The zero-order valence-corrected chi connectivity index (χ0v) is 25.7. The Balaban J connectivity index is 0.00000387. The van der Waals surface area contributed by atoms with E-state index < -0.39 is 5.54 Å². The van der Waals surface area contributed by atoms with Crippen molar-refractivity contribution in [2.24, 2.45) is 22.8 Å². The van der Waals surface area contributed by atoms with Gasteiger partial charge in [0.05, 0.1) is 5.54 Å². The van der Waals surface area contributed by atoms with Gasteiger partial charge in [-0.25, -0.2) is 9.59 Å². The Kier molecular flexibility index (Phi) is 9.72.